The highest BCUT2D eigenvalue weighted by atomic mass is 35.5. The second-order valence-corrected chi connectivity index (χ2v) is 8.34. The van der Waals surface area contributed by atoms with E-state index in [9.17, 15) is 9.59 Å². The Morgan fingerprint density at radius 2 is 1.94 bits per heavy atom. The Bertz CT molecular complexity index is 1090. The van der Waals surface area contributed by atoms with Gasteiger partial charge in [-0.3, -0.25) is 9.59 Å². The minimum Gasteiger partial charge on any atom is -0.336 e. The van der Waals surface area contributed by atoms with Gasteiger partial charge in [0.2, 0.25) is 11.8 Å². The first kappa shape index (κ1) is 22.8. The molecule has 0 saturated heterocycles. The van der Waals surface area contributed by atoms with E-state index in [1.807, 2.05) is 36.6 Å². The summed E-state index contributed by atoms with van der Waals surface area (Å²) in [5.74, 6) is 0.435. The molecule has 0 aliphatic heterocycles. The fourth-order valence-corrected chi connectivity index (χ4v) is 4.10. The van der Waals surface area contributed by atoms with Gasteiger partial charge < -0.3 is 14.8 Å². The largest absolute Gasteiger partial charge is 0.336 e. The summed E-state index contributed by atoms with van der Waals surface area (Å²) in [5, 5.41) is 12.4. The van der Waals surface area contributed by atoms with E-state index in [2.05, 4.69) is 21.6 Å². The average molecular weight is 458 g/mol. The van der Waals surface area contributed by atoms with E-state index in [4.69, 9.17) is 11.6 Å². The molecule has 31 heavy (non-hydrogen) atoms. The molecule has 9 heteroatoms. The maximum absolute atomic E-state index is 12.5. The SMILES string of the molecule is CCn1c(SCC(=O)N(C)CC(=O)Nc2ccccc2Cl)nnc1-c1cccc(C)c1. The van der Waals surface area contributed by atoms with Gasteiger partial charge in [-0.25, -0.2) is 0 Å². The quantitative estimate of drug-likeness (QED) is 0.515. The molecule has 0 saturated carbocycles. The normalized spacial score (nSPS) is 10.7. The molecular formula is C22H24ClN5O2S. The summed E-state index contributed by atoms with van der Waals surface area (Å²) < 4.78 is 1.98. The standard InChI is InChI=1S/C22H24ClN5O2S/c1-4-28-21(16-9-7-8-15(2)12-16)25-26-22(28)31-14-20(30)27(3)13-19(29)24-18-11-6-5-10-17(18)23/h5-12H,4,13-14H2,1-3H3,(H,24,29). The van der Waals surface area contributed by atoms with Gasteiger partial charge in [-0.15, -0.1) is 10.2 Å². The number of carbonyl (C=O) groups is 2. The van der Waals surface area contributed by atoms with Gasteiger partial charge in [0.15, 0.2) is 11.0 Å². The van der Waals surface area contributed by atoms with Crippen LogP contribution >= 0.6 is 23.4 Å². The number of amides is 2. The molecule has 0 aliphatic rings. The van der Waals surface area contributed by atoms with E-state index in [1.54, 1.807) is 31.3 Å². The number of carbonyl (C=O) groups excluding carboxylic acids is 2. The van der Waals surface area contributed by atoms with Gasteiger partial charge in [0, 0.05) is 19.2 Å². The second kappa shape index (κ2) is 10.5. The van der Waals surface area contributed by atoms with Crippen LogP contribution in [0.1, 0.15) is 12.5 Å². The Hall–Kier alpha value is -2.84. The van der Waals surface area contributed by atoms with E-state index in [1.165, 1.54) is 16.7 Å². The van der Waals surface area contributed by atoms with Crippen molar-refractivity contribution in [2.75, 3.05) is 24.7 Å². The first-order valence-electron chi connectivity index (χ1n) is 9.80. The molecule has 2 amide bonds. The number of likely N-dealkylation sites (N-methyl/N-ethyl adjacent to an activating group) is 1. The monoisotopic (exact) mass is 457 g/mol. The smallest absolute Gasteiger partial charge is 0.244 e. The fourth-order valence-electron chi connectivity index (χ4n) is 2.97. The number of hydrogen-bond acceptors (Lipinski definition) is 5. The van der Waals surface area contributed by atoms with Crippen molar-refractivity contribution in [3.05, 3.63) is 59.1 Å². The molecule has 2 aromatic carbocycles. The molecule has 1 aromatic heterocycles. The molecule has 0 radical (unpaired) electrons. The van der Waals surface area contributed by atoms with Gasteiger partial charge >= 0.3 is 0 Å². The number of aryl methyl sites for hydroxylation is 1. The van der Waals surface area contributed by atoms with Gasteiger partial charge in [-0.1, -0.05) is 59.3 Å². The summed E-state index contributed by atoms with van der Waals surface area (Å²) in [7, 11) is 1.60. The van der Waals surface area contributed by atoms with Crippen LogP contribution in [0.5, 0.6) is 0 Å². The number of para-hydroxylation sites is 1. The zero-order valence-electron chi connectivity index (χ0n) is 17.6. The van der Waals surface area contributed by atoms with Gasteiger partial charge in [0.05, 0.1) is 23.0 Å². The molecule has 0 aliphatic carbocycles. The van der Waals surface area contributed by atoms with Crippen molar-refractivity contribution >= 4 is 40.9 Å². The predicted octanol–water partition coefficient (Wildman–Crippen LogP) is 4.12. The summed E-state index contributed by atoms with van der Waals surface area (Å²) in [6, 6.07) is 15.0. The predicted molar refractivity (Wildman–Crippen MR) is 124 cm³/mol. The number of nitrogens with one attached hydrogen (secondary N) is 1. The van der Waals surface area contributed by atoms with Crippen LogP contribution in [0.4, 0.5) is 5.69 Å². The number of hydrogen-bond donors (Lipinski definition) is 1. The van der Waals surface area contributed by atoms with Crippen molar-refractivity contribution in [3.63, 3.8) is 0 Å². The topological polar surface area (TPSA) is 80.1 Å². The number of rotatable bonds is 8. The maximum atomic E-state index is 12.5. The molecule has 0 spiro atoms. The highest BCUT2D eigenvalue weighted by Crippen LogP contribution is 2.25. The first-order valence-corrected chi connectivity index (χ1v) is 11.2. The van der Waals surface area contributed by atoms with Gasteiger partial charge in [0.25, 0.3) is 0 Å². The molecular weight excluding hydrogens is 434 g/mol. The highest BCUT2D eigenvalue weighted by Gasteiger charge is 2.18. The minimum atomic E-state index is -0.313. The summed E-state index contributed by atoms with van der Waals surface area (Å²) in [5.41, 5.74) is 2.65. The fraction of sp³-hybridized carbons (Fsp3) is 0.273. The summed E-state index contributed by atoms with van der Waals surface area (Å²) in [4.78, 5) is 26.2. The third kappa shape index (κ3) is 5.86. The molecule has 0 bridgehead atoms. The van der Waals surface area contributed by atoms with E-state index >= 15 is 0 Å². The number of halogens is 1. The van der Waals surface area contributed by atoms with Crippen LogP contribution in [0.15, 0.2) is 53.7 Å². The Balaban J connectivity index is 1.59. The summed E-state index contributed by atoms with van der Waals surface area (Å²) in [6.07, 6.45) is 0. The molecule has 1 N–H and O–H groups in total. The van der Waals surface area contributed by atoms with Crippen LogP contribution in [-0.2, 0) is 16.1 Å². The van der Waals surface area contributed by atoms with E-state index in [0.29, 0.717) is 22.4 Å². The first-order chi connectivity index (χ1) is 14.9. The van der Waals surface area contributed by atoms with Crippen LogP contribution in [0, 0.1) is 6.92 Å². The number of thioether (sulfide) groups is 1. The summed E-state index contributed by atoms with van der Waals surface area (Å²) >= 11 is 7.36. The minimum absolute atomic E-state index is 0.0698. The van der Waals surface area contributed by atoms with Crippen molar-refractivity contribution in [1.29, 1.82) is 0 Å². The van der Waals surface area contributed by atoms with E-state index in [0.717, 1.165) is 17.0 Å². The van der Waals surface area contributed by atoms with Crippen LogP contribution < -0.4 is 5.32 Å². The lowest BCUT2D eigenvalue weighted by Crippen LogP contribution is -2.36. The van der Waals surface area contributed by atoms with E-state index in [-0.39, 0.29) is 24.1 Å². The third-order valence-corrected chi connectivity index (χ3v) is 5.87. The lowest BCUT2D eigenvalue weighted by atomic mass is 10.1. The molecule has 7 nitrogen and oxygen atoms in total. The lowest BCUT2D eigenvalue weighted by molar-refractivity contribution is -0.131. The van der Waals surface area contributed by atoms with Gasteiger partial charge in [-0.05, 0) is 32.0 Å². The molecule has 1 heterocycles. The zero-order valence-corrected chi connectivity index (χ0v) is 19.2. The van der Waals surface area contributed by atoms with Gasteiger partial charge in [0.1, 0.15) is 0 Å². The molecule has 162 valence electrons. The molecule has 3 aromatic rings. The molecule has 0 fully saturated rings. The van der Waals surface area contributed by atoms with Crippen molar-refractivity contribution in [2.45, 2.75) is 25.5 Å². The van der Waals surface area contributed by atoms with Crippen molar-refractivity contribution in [3.8, 4) is 11.4 Å². The summed E-state index contributed by atoms with van der Waals surface area (Å²) in [6.45, 7) is 4.66. The molecule has 3 rings (SSSR count). The zero-order chi connectivity index (χ0) is 22.4. The number of benzene rings is 2. The van der Waals surface area contributed by atoms with Crippen LogP contribution in [-0.4, -0.2) is 50.8 Å². The van der Waals surface area contributed by atoms with Crippen molar-refractivity contribution in [2.24, 2.45) is 0 Å². The van der Waals surface area contributed by atoms with Gasteiger partial charge in [-0.2, -0.15) is 0 Å². The Morgan fingerprint density at radius 3 is 2.65 bits per heavy atom. The number of aromatic nitrogens is 3. The van der Waals surface area contributed by atoms with Crippen molar-refractivity contribution < 1.29 is 9.59 Å². The Labute approximate surface area is 190 Å². The Kier molecular flexibility index (Phi) is 7.70. The number of nitrogens with zero attached hydrogens (tertiary/aromatic N) is 4. The van der Waals surface area contributed by atoms with Crippen molar-refractivity contribution in [1.82, 2.24) is 19.7 Å². The second-order valence-electron chi connectivity index (χ2n) is 6.99. The third-order valence-electron chi connectivity index (χ3n) is 4.59. The average Bonchev–Trinajstić information content (AvgIpc) is 3.16. The molecule has 0 atom stereocenters. The molecule has 0 unspecified atom stereocenters. The van der Waals surface area contributed by atoms with Crippen LogP contribution in [0.3, 0.4) is 0 Å². The van der Waals surface area contributed by atoms with E-state index < -0.39 is 0 Å². The lowest BCUT2D eigenvalue weighted by Gasteiger charge is -2.17. The van der Waals surface area contributed by atoms with Crippen LogP contribution in [0.25, 0.3) is 11.4 Å². The maximum Gasteiger partial charge on any atom is 0.244 e. The van der Waals surface area contributed by atoms with Crippen LogP contribution in [0.2, 0.25) is 5.02 Å². The highest BCUT2D eigenvalue weighted by molar-refractivity contribution is 7.99. The Morgan fingerprint density at radius 1 is 1.16 bits per heavy atom. The number of anilines is 1.